The summed E-state index contributed by atoms with van der Waals surface area (Å²) in [5, 5.41) is 11.7. The standard InChI is InChI=1S/C29H30BN3O5/c1-28(2)29(3,4)38-30(37-28)18-8-9-19-17(12-18)15-36-24-14-20-16(13-21(19)24)7-10-22-25(20)32-26(31-22)23-6-5-11-33(23)27(34)35/h7-10,12-14,23H,5-6,11,15H2,1-4H3,(H,31,32)(H,34,35). The van der Waals surface area contributed by atoms with Crippen LogP contribution in [0.25, 0.3) is 32.9 Å². The molecule has 3 aromatic carbocycles. The number of hydrogen-bond donors (Lipinski definition) is 2. The molecule has 1 amide bonds. The van der Waals surface area contributed by atoms with E-state index in [2.05, 4.69) is 69.1 Å². The van der Waals surface area contributed by atoms with Crippen molar-refractivity contribution >= 4 is 40.5 Å². The lowest BCUT2D eigenvalue weighted by atomic mass is 9.77. The van der Waals surface area contributed by atoms with Crippen molar-refractivity contribution in [2.45, 2.75) is 64.4 Å². The highest BCUT2D eigenvalue weighted by Crippen LogP contribution is 2.42. The maximum atomic E-state index is 11.7. The van der Waals surface area contributed by atoms with E-state index in [0.717, 1.165) is 62.6 Å². The molecule has 1 aromatic heterocycles. The van der Waals surface area contributed by atoms with E-state index < -0.39 is 24.4 Å². The van der Waals surface area contributed by atoms with Gasteiger partial charge in [-0.15, -0.1) is 0 Å². The van der Waals surface area contributed by atoms with Crippen LogP contribution in [0, 0.1) is 0 Å². The summed E-state index contributed by atoms with van der Waals surface area (Å²) in [4.78, 5) is 21.4. The Morgan fingerprint density at radius 1 is 1.08 bits per heavy atom. The number of nitrogens with one attached hydrogen (secondary N) is 1. The van der Waals surface area contributed by atoms with Crippen molar-refractivity contribution in [2.75, 3.05) is 6.54 Å². The van der Waals surface area contributed by atoms with Crippen LogP contribution in [0.3, 0.4) is 0 Å². The minimum Gasteiger partial charge on any atom is -0.488 e. The zero-order valence-corrected chi connectivity index (χ0v) is 22.0. The second-order valence-corrected chi connectivity index (χ2v) is 11.6. The Bertz CT molecular complexity index is 1610. The van der Waals surface area contributed by atoms with Crippen LogP contribution in [-0.2, 0) is 15.9 Å². The van der Waals surface area contributed by atoms with Crippen molar-refractivity contribution in [3.8, 4) is 16.9 Å². The Hall–Kier alpha value is -3.56. The summed E-state index contributed by atoms with van der Waals surface area (Å²) in [5.41, 5.74) is 5.23. The predicted molar refractivity (Wildman–Crippen MR) is 146 cm³/mol. The van der Waals surface area contributed by atoms with Crippen LogP contribution in [0.15, 0.2) is 42.5 Å². The summed E-state index contributed by atoms with van der Waals surface area (Å²) in [7, 11) is -0.414. The molecular formula is C29H30BN3O5. The van der Waals surface area contributed by atoms with E-state index in [1.54, 1.807) is 0 Å². The zero-order chi connectivity index (χ0) is 26.4. The van der Waals surface area contributed by atoms with Gasteiger partial charge in [0, 0.05) is 17.5 Å². The number of H-pyrrole nitrogens is 1. The van der Waals surface area contributed by atoms with Gasteiger partial charge in [-0.05, 0) is 80.7 Å². The number of amides is 1. The van der Waals surface area contributed by atoms with Gasteiger partial charge in [0.2, 0.25) is 0 Å². The van der Waals surface area contributed by atoms with E-state index in [4.69, 9.17) is 19.0 Å². The van der Waals surface area contributed by atoms with E-state index in [9.17, 15) is 9.90 Å². The van der Waals surface area contributed by atoms with E-state index in [-0.39, 0.29) is 6.04 Å². The lowest BCUT2D eigenvalue weighted by Crippen LogP contribution is -2.41. The van der Waals surface area contributed by atoms with Crippen molar-refractivity contribution in [3.63, 3.8) is 0 Å². The average molecular weight is 511 g/mol. The van der Waals surface area contributed by atoms with Gasteiger partial charge in [-0.3, -0.25) is 4.90 Å². The van der Waals surface area contributed by atoms with Gasteiger partial charge >= 0.3 is 13.2 Å². The molecule has 0 aliphatic carbocycles. The highest BCUT2D eigenvalue weighted by atomic mass is 16.7. The fraction of sp³-hybridized carbons (Fsp3) is 0.379. The molecule has 4 aromatic rings. The second-order valence-electron chi connectivity index (χ2n) is 11.6. The number of benzene rings is 3. The third-order valence-electron chi connectivity index (χ3n) is 8.73. The number of carboxylic acid groups (broad SMARTS) is 1. The summed E-state index contributed by atoms with van der Waals surface area (Å²) in [6.07, 6.45) is 0.708. The third-order valence-corrected chi connectivity index (χ3v) is 8.73. The first-order valence-corrected chi connectivity index (χ1v) is 13.2. The fourth-order valence-electron chi connectivity index (χ4n) is 5.90. The Kier molecular flexibility index (Phi) is 4.94. The number of nitrogens with zero attached hydrogens (tertiary/aromatic N) is 2. The SMILES string of the molecule is CC1(C)OB(c2ccc3c(c2)COc2cc4c(ccc5nc(C6CCCN6C(=O)O)[nH]c54)cc2-3)OC1(C)C. The summed E-state index contributed by atoms with van der Waals surface area (Å²) < 4.78 is 18.8. The van der Waals surface area contributed by atoms with Crippen LogP contribution in [0.1, 0.15) is 58.0 Å². The molecule has 4 heterocycles. The molecule has 0 spiro atoms. The fourth-order valence-corrected chi connectivity index (χ4v) is 5.90. The van der Waals surface area contributed by atoms with Crippen molar-refractivity contribution in [1.82, 2.24) is 14.9 Å². The summed E-state index contributed by atoms with van der Waals surface area (Å²) in [6.45, 7) is 9.24. The molecule has 0 bridgehead atoms. The van der Waals surface area contributed by atoms with Crippen molar-refractivity contribution in [2.24, 2.45) is 0 Å². The zero-order valence-electron chi connectivity index (χ0n) is 22.0. The van der Waals surface area contributed by atoms with Gasteiger partial charge in [-0.1, -0.05) is 24.3 Å². The Labute approximate surface area is 221 Å². The Morgan fingerprint density at radius 2 is 1.87 bits per heavy atom. The molecule has 194 valence electrons. The van der Waals surface area contributed by atoms with Crippen molar-refractivity contribution < 1.29 is 23.9 Å². The Morgan fingerprint density at radius 3 is 2.63 bits per heavy atom. The topological polar surface area (TPSA) is 96.9 Å². The number of likely N-dealkylation sites (tertiary alicyclic amines) is 1. The van der Waals surface area contributed by atoms with Crippen LogP contribution < -0.4 is 10.2 Å². The molecule has 3 aliphatic heterocycles. The molecule has 1 atom stereocenters. The molecule has 9 heteroatoms. The van der Waals surface area contributed by atoms with E-state index in [1.807, 2.05) is 6.07 Å². The van der Waals surface area contributed by atoms with Gasteiger partial charge in [0.25, 0.3) is 0 Å². The number of aromatic amines is 1. The van der Waals surface area contributed by atoms with Crippen LogP contribution in [0.5, 0.6) is 5.75 Å². The van der Waals surface area contributed by atoms with Crippen LogP contribution in [0.2, 0.25) is 0 Å². The van der Waals surface area contributed by atoms with Gasteiger partial charge in [-0.2, -0.15) is 0 Å². The normalized spacial score (nSPS) is 21.5. The number of ether oxygens (including phenoxy) is 1. The number of fused-ring (bicyclic) bond motifs is 6. The lowest BCUT2D eigenvalue weighted by molar-refractivity contribution is 0.00578. The largest absolute Gasteiger partial charge is 0.494 e. The van der Waals surface area contributed by atoms with E-state index in [1.165, 1.54) is 4.90 Å². The maximum Gasteiger partial charge on any atom is 0.494 e. The molecule has 8 nitrogen and oxygen atoms in total. The number of imidazole rings is 1. The molecule has 2 fully saturated rings. The summed E-state index contributed by atoms with van der Waals surface area (Å²) in [5.74, 6) is 1.52. The molecule has 0 saturated carbocycles. The smallest absolute Gasteiger partial charge is 0.488 e. The highest BCUT2D eigenvalue weighted by Gasteiger charge is 2.51. The van der Waals surface area contributed by atoms with Crippen LogP contribution in [-0.4, -0.2) is 50.9 Å². The third kappa shape index (κ3) is 3.45. The summed E-state index contributed by atoms with van der Waals surface area (Å²) >= 11 is 0. The van der Waals surface area contributed by atoms with Crippen LogP contribution in [0.4, 0.5) is 4.79 Å². The predicted octanol–water partition coefficient (Wildman–Crippen LogP) is 5.39. The molecule has 0 radical (unpaired) electrons. The first-order chi connectivity index (χ1) is 18.1. The molecule has 3 aliphatic rings. The lowest BCUT2D eigenvalue weighted by Gasteiger charge is -2.32. The van der Waals surface area contributed by atoms with E-state index in [0.29, 0.717) is 19.0 Å². The Balaban J connectivity index is 1.26. The van der Waals surface area contributed by atoms with Gasteiger partial charge in [0.15, 0.2) is 0 Å². The molecule has 7 rings (SSSR count). The number of carbonyl (C=O) groups is 1. The quantitative estimate of drug-likeness (QED) is 0.351. The minimum absolute atomic E-state index is 0.242. The average Bonchev–Trinajstić information content (AvgIpc) is 3.58. The summed E-state index contributed by atoms with van der Waals surface area (Å²) in [6, 6.07) is 14.4. The monoisotopic (exact) mass is 511 g/mol. The van der Waals surface area contributed by atoms with Gasteiger partial charge in [0.05, 0.1) is 28.3 Å². The maximum absolute atomic E-state index is 11.7. The first kappa shape index (κ1) is 23.6. The number of rotatable bonds is 2. The molecule has 2 saturated heterocycles. The first-order valence-electron chi connectivity index (χ1n) is 13.2. The highest BCUT2D eigenvalue weighted by molar-refractivity contribution is 6.62. The van der Waals surface area contributed by atoms with E-state index >= 15 is 0 Å². The van der Waals surface area contributed by atoms with Crippen molar-refractivity contribution in [1.29, 1.82) is 0 Å². The molecule has 2 N–H and O–H groups in total. The number of aromatic nitrogens is 2. The van der Waals surface area contributed by atoms with Crippen molar-refractivity contribution in [3.05, 3.63) is 53.9 Å². The van der Waals surface area contributed by atoms with Gasteiger partial charge in [0.1, 0.15) is 18.2 Å². The minimum atomic E-state index is -0.902. The molecule has 38 heavy (non-hydrogen) atoms. The molecule has 1 unspecified atom stereocenters. The molecular weight excluding hydrogens is 481 g/mol. The van der Waals surface area contributed by atoms with Crippen LogP contribution >= 0.6 is 0 Å². The number of hydrogen-bond acceptors (Lipinski definition) is 5. The second kappa shape index (κ2) is 7.97. The van der Waals surface area contributed by atoms with Gasteiger partial charge in [-0.25, -0.2) is 9.78 Å². The van der Waals surface area contributed by atoms with Gasteiger partial charge < -0.3 is 24.1 Å².